The van der Waals surface area contributed by atoms with Gasteiger partial charge >= 0.3 is 5.69 Å². The van der Waals surface area contributed by atoms with E-state index in [9.17, 15) is 4.79 Å². The Morgan fingerprint density at radius 1 is 1.41 bits per heavy atom. The number of aromatic amines is 1. The normalized spacial score (nSPS) is 21.4. The predicted molar refractivity (Wildman–Crippen MR) is 68.2 cm³/mol. The second kappa shape index (κ2) is 4.04. The highest BCUT2D eigenvalue weighted by molar-refractivity contribution is 5.74. The van der Waals surface area contributed by atoms with Crippen LogP contribution in [0.4, 0.5) is 0 Å². The molecule has 2 aromatic rings. The molecule has 0 spiro atoms. The number of hydrogen-bond acceptors (Lipinski definition) is 2. The summed E-state index contributed by atoms with van der Waals surface area (Å²) in [6.45, 7) is 1.93. The molecule has 2 heterocycles. The molecule has 17 heavy (non-hydrogen) atoms. The van der Waals surface area contributed by atoms with Gasteiger partial charge in [-0.25, -0.2) is 4.79 Å². The van der Waals surface area contributed by atoms with Crippen LogP contribution in [0.15, 0.2) is 29.1 Å². The first-order valence-electron chi connectivity index (χ1n) is 6.13. The summed E-state index contributed by atoms with van der Waals surface area (Å²) in [4.78, 5) is 17.2. The van der Waals surface area contributed by atoms with Crippen molar-refractivity contribution in [2.75, 3.05) is 13.6 Å². The molecular formula is C13H17N3O. The van der Waals surface area contributed by atoms with Gasteiger partial charge in [-0.15, -0.1) is 0 Å². The van der Waals surface area contributed by atoms with Crippen LogP contribution in [0.5, 0.6) is 0 Å². The number of benzene rings is 1. The minimum atomic E-state index is 0.00602. The van der Waals surface area contributed by atoms with Crippen LogP contribution >= 0.6 is 0 Å². The van der Waals surface area contributed by atoms with Gasteiger partial charge in [-0.2, -0.15) is 0 Å². The third-order valence-corrected chi connectivity index (χ3v) is 3.75. The minimum absolute atomic E-state index is 0.00602. The molecule has 0 aliphatic carbocycles. The van der Waals surface area contributed by atoms with Gasteiger partial charge < -0.3 is 9.88 Å². The maximum Gasteiger partial charge on any atom is 0.326 e. The average Bonchev–Trinajstić information content (AvgIpc) is 2.85. The van der Waals surface area contributed by atoms with Crippen molar-refractivity contribution in [2.24, 2.45) is 0 Å². The average molecular weight is 231 g/mol. The van der Waals surface area contributed by atoms with E-state index in [4.69, 9.17) is 0 Å². The molecule has 0 amide bonds. The Kier molecular flexibility index (Phi) is 2.52. The molecule has 3 rings (SSSR count). The predicted octanol–water partition coefficient (Wildman–Crippen LogP) is 1.42. The van der Waals surface area contributed by atoms with E-state index in [1.54, 1.807) is 0 Å². The lowest BCUT2D eigenvalue weighted by Gasteiger charge is -2.19. The second-order valence-electron chi connectivity index (χ2n) is 4.83. The SMILES string of the molecule is CN1CCCC1Cn1c(=O)[nH]c2ccccc21. The van der Waals surface area contributed by atoms with E-state index in [2.05, 4.69) is 16.9 Å². The Morgan fingerprint density at radius 2 is 2.24 bits per heavy atom. The fourth-order valence-electron chi connectivity index (χ4n) is 2.71. The van der Waals surface area contributed by atoms with Crippen LogP contribution in [0.1, 0.15) is 12.8 Å². The van der Waals surface area contributed by atoms with Gasteiger partial charge in [-0.05, 0) is 38.6 Å². The van der Waals surface area contributed by atoms with Crippen molar-refractivity contribution in [1.82, 2.24) is 14.5 Å². The molecule has 1 aliphatic rings. The van der Waals surface area contributed by atoms with E-state index >= 15 is 0 Å². The lowest BCUT2D eigenvalue weighted by atomic mass is 10.2. The van der Waals surface area contributed by atoms with Gasteiger partial charge in [0, 0.05) is 12.6 Å². The lowest BCUT2D eigenvalue weighted by Crippen LogP contribution is -2.32. The maximum absolute atomic E-state index is 11.9. The molecule has 90 valence electrons. The fourth-order valence-corrected chi connectivity index (χ4v) is 2.71. The molecule has 1 atom stereocenters. The summed E-state index contributed by atoms with van der Waals surface area (Å²) in [5.74, 6) is 0. The molecule has 1 fully saturated rings. The highest BCUT2D eigenvalue weighted by Gasteiger charge is 2.22. The zero-order valence-electron chi connectivity index (χ0n) is 10.0. The number of hydrogen-bond donors (Lipinski definition) is 1. The van der Waals surface area contributed by atoms with Crippen LogP contribution in [0, 0.1) is 0 Å². The number of fused-ring (bicyclic) bond motifs is 1. The molecule has 1 N–H and O–H groups in total. The Hall–Kier alpha value is -1.55. The third-order valence-electron chi connectivity index (χ3n) is 3.75. The van der Waals surface area contributed by atoms with Crippen LogP contribution in [0.3, 0.4) is 0 Å². The van der Waals surface area contributed by atoms with Crippen LogP contribution in [-0.4, -0.2) is 34.1 Å². The Labute approximate surface area is 99.9 Å². The van der Waals surface area contributed by atoms with E-state index in [-0.39, 0.29) is 5.69 Å². The van der Waals surface area contributed by atoms with Crippen molar-refractivity contribution in [3.8, 4) is 0 Å². The third kappa shape index (κ3) is 1.78. The number of imidazole rings is 1. The molecule has 1 saturated heterocycles. The number of rotatable bonds is 2. The number of nitrogens with one attached hydrogen (secondary N) is 1. The Bertz CT molecular complexity index is 584. The smallest absolute Gasteiger partial charge is 0.306 e. The van der Waals surface area contributed by atoms with Crippen LogP contribution in [-0.2, 0) is 6.54 Å². The first-order valence-corrected chi connectivity index (χ1v) is 6.13. The van der Waals surface area contributed by atoms with E-state index in [0.717, 1.165) is 24.1 Å². The van der Waals surface area contributed by atoms with E-state index in [1.807, 2.05) is 28.8 Å². The van der Waals surface area contributed by atoms with Crippen LogP contribution in [0.25, 0.3) is 11.0 Å². The van der Waals surface area contributed by atoms with Crippen LogP contribution < -0.4 is 5.69 Å². The second-order valence-corrected chi connectivity index (χ2v) is 4.83. The van der Waals surface area contributed by atoms with Crippen LogP contribution in [0.2, 0.25) is 0 Å². The number of likely N-dealkylation sites (tertiary alicyclic amines) is 1. The largest absolute Gasteiger partial charge is 0.326 e. The summed E-state index contributed by atoms with van der Waals surface area (Å²) in [5, 5.41) is 0. The van der Waals surface area contributed by atoms with E-state index in [1.165, 1.54) is 12.8 Å². The quantitative estimate of drug-likeness (QED) is 0.849. The molecule has 1 aliphatic heterocycles. The fraction of sp³-hybridized carbons (Fsp3) is 0.462. The molecule has 1 aromatic carbocycles. The summed E-state index contributed by atoms with van der Waals surface area (Å²) in [6, 6.07) is 8.37. The zero-order chi connectivity index (χ0) is 11.8. The highest BCUT2D eigenvalue weighted by atomic mass is 16.1. The Balaban J connectivity index is 1.99. The summed E-state index contributed by atoms with van der Waals surface area (Å²) in [7, 11) is 2.14. The van der Waals surface area contributed by atoms with Crippen molar-refractivity contribution in [2.45, 2.75) is 25.4 Å². The highest BCUT2D eigenvalue weighted by Crippen LogP contribution is 2.18. The summed E-state index contributed by atoms with van der Waals surface area (Å²) in [6.07, 6.45) is 2.42. The van der Waals surface area contributed by atoms with Crippen molar-refractivity contribution in [1.29, 1.82) is 0 Å². The summed E-state index contributed by atoms with van der Waals surface area (Å²) >= 11 is 0. The number of para-hydroxylation sites is 2. The topological polar surface area (TPSA) is 41.0 Å². The monoisotopic (exact) mass is 231 g/mol. The van der Waals surface area contributed by atoms with Crippen molar-refractivity contribution in [3.05, 3.63) is 34.7 Å². The van der Waals surface area contributed by atoms with Gasteiger partial charge in [0.25, 0.3) is 0 Å². The van der Waals surface area contributed by atoms with Gasteiger partial charge in [-0.1, -0.05) is 12.1 Å². The molecule has 4 heteroatoms. The van der Waals surface area contributed by atoms with Crippen molar-refractivity contribution < 1.29 is 0 Å². The molecule has 0 saturated carbocycles. The number of likely N-dealkylation sites (N-methyl/N-ethyl adjacent to an activating group) is 1. The van der Waals surface area contributed by atoms with Crippen molar-refractivity contribution >= 4 is 11.0 Å². The first-order chi connectivity index (χ1) is 8.25. The van der Waals surface area contributed by atoms with E-state index in [0.29, 0.717) is 6.04 Å². The van der Waals surface area contributed by atoms with Gasteiger partial charge in [-0.3, -0.25) is 4.57 Å². The zero-order valence-corrected chi connectivity index (χ0v) is 10.0. The van der Waals surface area contributed by atoms with E-state index < -0.39 is 0 Å². The van der Waals surface area contributed by atoms with Gasteiger partial charge in [0.2, 0.25) is 0 Å². The van der Waals surface area contributed by atoms with Gasteiger partial charge in [0.15, 0.2) is 0 Å². The molecule has 1 aromatic heterocycles. The molecule has 0 radical (unpaired) electrons. The number of nitrogens with zero attached hydrogens (tertiary/aromatic N) is 2. The van der Waals surface area contributed by atoms with Gasteiger partial charge in [0.05, 0.1) is 11.0 Å². The molecule has 0 bridgehead atoms. The molecule has 1 unspecified atom stereocenters. The van der Waals surface area contributed by atoms with Crippen molar-refractivity contribution in [3.63, 3.8) is 0 Å². The molecule has 4 nitrogen and oxygen atoms in total. The minimum Gasteiger partial charge on any atom is -0.306 e. The van der Waals surface area contributed by atoms with Gasteiger partial charge in [0.1, 0.15) is 0 Å². The first kappa shape index (κ1) is 10.6. The Morgan fingerprint density at radius 3 is 3.00 bits per heavy atom. The maximum atomic E-state index is 11.9. The lowest BCUT2D eigenvalue weighted by molar-refractivity contribution is 0.282. The number of aromatic nitrogens is 2. The number of H-pyrrole nitrogens is 1. The molecular weight excluding hydrogens is 214 g/mol. The summed E-state index contributed by atoms with van der Waals surface area (Å²) < 4.78 is 1.86. The summed E-state index contributed by atoms with van der Waals surface area (Å²) in [5.41, 5.74) is 1.95. The standard InChI is InChI=1S/C13H17N3O/c1-15-8-4-5-10(15)9-16-12-7-3-2-6-11(12)14-13(16)17/h2-3,6-7,10H,4-5,8-9H2,1H3,(H,14,17).